The molecule has 1 aromatic heterocycles. The Morgan fingerprint density at radius 1 is 1.29 bits per heavy atom. The molecule has 110 valence electrons. The Morgan fingerprint density at radius 3 is 2.67 bits per heavy atom. The zero-order valence-corrected chi connectivity index (χ0v) is 12.6. The van der Waals surface area contributed by atoms with Gasteiger partial charge in [-0.2, -0.15) is 0 Å². The topological polar surface area (TPSA) is 51.2 Å². The molecular weight excluding hydrogens is 264 g/mol. The normalized spacial score (nSPS) is 11.8. The summed E-state index contributed by atoms with van der Waals surface area (Å²) in [5, 5.41) is 2.99. The van der Waals surface area contributed by atoms with E-state index in [1.165, 1.54) is 0 Å². The van der Waals surface area contributed by atoms with Gasteiger partial charge < -0.3 is 10.1 Å². The van der Waals surface area contributed by atoms with Crippen LogP contribution in [0, 0.1) is 6.92 Å². The van der Waals surface area contributed by atoms with E-state index in [2.05, 4.69) is 10.3 Å². The van der Waals surface area contributed by atoms with Crippen LogP contribution in [0.1, 0.15) is 41.4 Å². The van der Waals surface area contributed by atoms with Crippen molar-refractivity contribution in [3.8, 4) is 5.75 Å². The molecule has 1 atom stereocenters. The van der Waals surface area contributed by atoms with Gasteiger partial charge in [-0.15, -0.1) is 0 Å². The van der Waals surface area contributed by atoms with Gasteiger partial charge in [0, 0.05) is 23.5 Å². The molecular formula is C17H20N2O2. The third-order valence-corrected chi connectivity index (χ3v) is 3.22. The van der Waals surface area contributed by atoms with Gasteiger partial charge in [-0.05, 0) is 39.0 Å². The lowest BCUT2D eigenvalue weighted by molar-refractivity contribution is 0.0939. The number of pyridine rings is 1. The summed E-state index contributed by atoms with van der Waals surface area (Å²) in [5.74, 6) is 0.694. The van der Waals surface area contributed by atoms with E-state index in [0.29, 0.717) is 12.2 Å². The number of carbonyl (C=O) groups is 1. The van der Waals surface area contributed by atoms with Gasteiger partial charge in [0.1, 0.15) is 5.75 Å². The van der Waals surface area contributed by atoms with Crippen LogP contribution >= 0.6 is 0 Å². The van der Waals surface area contributed by atoms with Crippen molar-refractivity contribution >= 4 is 5.91 Å². The largest absolute Gasteiger partial charge is 0.494 e. The molecule has 1 heterocycles. The van der Waals surface area contributed by atoms with Crippen molar-refractivity contribution in [3.05, 3.63) is 59.4 Å². The first-order valence-electron chi connectivity index (χ1n) is 7.06. The highest BCUT2D eigenvalue weighted by atomic mass is 16.5. The fourth-order valence-corrected chi connectivity index (χ4v) is 2.15. The molecule has 21 heavy (non-hydrogen) atoms. The minimum atomic E-state index is -0.132. The van der Waals surface area contributed by atoms with Crippen LogP contribution in [0.4, 0.5) is 0 Å². The van der Waals surface area contributed by atoms with Crippen molar-refractivity contribution in [2.75, 3.05) is 6.61 Å². The van der Waals surface area contributed by atoms with E-state index in [0.717, 1.165) is 16.9 Å². The van der Waals surface area contributed by atoms with Crippen molar-refractivity contribution in [2.24, 2.45) is 0 Å². The number of nitrogens with zero attached hydrogens (tertiary/aromatic N) is 1. The van der Waals surface area contributed by atoms with Crippen LogP contribution in [0.15, 0.2) is 42.7 Å². The first-order chi connectivity index (χ1) is 10.1. The van der Waals surface area contributed by atoms with Gasteiger partial charge in [-0.3, -0.25) is 9.78 Å². The van der Waals surface area contributed by atoms with E-state index >= 15 is 0 Å². The SMILES string of the molecule is CCOc1ccc(C)cc1C(C)NC(=O)c1ccncc1. The van der Waals surface area contributed by atoms with Crippen LogP contribution in [0.5, 0.6) is 5.75 Å². The number of benzene rings is 1. The average Bonchev–Trinajstić information content (AvgIpc) is 2.50. The monoisotopic (exact) mass is 284 g/mol. The fraction of sp³-hybridized carbons (Fsp3) is 0.294. The average molecular weight is 284 g/mol. The minimum absolute atomic E-state index is 0.117. The summed E-state index contributed by atoms with van der Waals surface area (Å²) in [5.41, 5.74) is 2.72. The molecule has 1 amide bonds. The van der Waals surface area contributed by atoms with Gasteiger partial charge in [0.2, 0.25) is 0 Å². The van der Waals surface area contributed by atoms with Crippen LogP contribution in [0.3, 0.4) is 0 Å². The standard InChI is InChI=1S/C17H20N2O2/c1-4-21-16-6-5-12(2)11-15(16)13(3)19-17(20)14-7-9-18-10-8-14/h5-11,13H,4H2,1-3H3,(H,19,20). The number of aryl methyl sites for hydroxylation is 1. The van der Waals surface area contributed by atoms with Crippen LogP contribution in [0.2, 0.25) is 0 Å². The molecule has 2 aromatic rings. The van der Waals surface area contributed by atoms with Crippen molar-refractivity contribution in [1.82, 2.24) is 10.3 Å². The lowest BCUT2D eigenvalue weighted by atomic mass is 10.0. The molecule has 0 fully saturated rings. The Kier molecular flexibility index (Phi) is 4.93. The van der Waals surface area contributed by atoms with Crippen LogP contribution in [-0.2, 0) is 0 Å². The molecule has 0 spiro atoms. The Morgan fingerprint density at radius 2 is 2.00 bits per heavy atom. The molecule has 0 aliphatic rings. The van der Waals surface area contributed by atoms with Gasteiger partial charge in [-0.25, -0.2) is 0 Å². The van der Waals surface area contributed by atoms with Gasteiger partial charge in [0.05, 0.1) is 12.6 Å². The molecule has 1 N–H and O–H groups in total. The van der Waals surface area contributed by atoms with Gasteiger partial charge in [0.15, 0.2) is 0 Å². The highest BCUT2D eigenvalue weighted by molar-refractivity contribution is 5.94. The number of nitrogens with one attached hydrogen (secondary N) is 1. The van der Waals surface area contributed by atoms with Gasteiger partial charge in [0.25, 0.3) is 5.91 Å². The molecule has 1 unspecified atom stereocenters. The van der Waals surface area contributed by atoms with Crippen molar-refractivity contribution in [2.45, 2.75) is 26.8 Å². The molecule has 0 bridgehead atoms. The lowest BCUT2D eigenvalue weighted by Crippen LogP contribution is -2.27. The molecule has 0 radical (unpaired) electrons. The molecule has 4 nitrogen and oxygen atoms in total. The van der Waals surface area contributed by atoms with Crippen molar-refractivity contribution < 1.29 is 9.53 Å². The summed E-state index contributed by atoms with van der Waals surface area (Å²) >= 11 is 0. The second kappa shape index (κ2) is 6.88. The number of aromatic nitrogens is 1. The predicted molar refractivity (Wildman–Crippen MR) is 82.5 cm³/mol. The first kappa shape index (κ1) is 15.0. The number of hydrogen-bond donors (Lipinski definition) is 1. The third kappa shape index (κ3) is 3.81. The number of rotatable bonds is 5. The maximum atomic E-state index is 12.2. The van der Waals surface area contributed by atoms with E-state index in [1.54, 1.807) is 24.5 Å². The molecule has 0 aliphatic carbocycles. The zero-order chi connectivity index (χ0) is 15.2. The van der Waals surface area contributed by atoms with Crippen LogP contribution < -0.4 is 10.1 Å². The van der Waals surface area contributed by atoms with E-state index in [1.807, 2.05) is 39.0 Å². The smallest absolute Gasteiger partial charge is 0.251 e. The Balaban J connectivity index is 2.18. The minimum Gasteiger partial charge on any atom is -0.494 e. The summed E-state index contributed by atoms with van der Waals surface area (Å²) in [4.78, 5) is 16.1. The molecule has 0 saturated heterocycles. The summed E-state index contributed by atoms with van der Waals surface area (Å²) in [6, 6.07) is 9.26. The quantitative estimate of drug-likeness (QED) is 0.916. The second-order valence-electron chi connectivity index (χ2n) is 4.91. The summed E-state index contributed by atoms with van der Waals surface area (Å²) in [6.45, 7) is 6.53. The highest BCUT2D eigenvalue weighted by Gasteiger charge is 2.15. The highest BCUT2D eigenvalue weighted by Crippen LogP contribution is 2.26. The maximum Gasteiger partial charge on any atom is 0.251 e. The zero-order valence-electron chi connectivity index (χ0n) is 12.6. The number of amides is 1. The number of ether oxygens (including phenoxy) is 1. The maximum absolute atomic E-state index is 12.2. The molecule has 1 aromatic carbocycles. The molecule has 4 heteroatoms. The van der Waals surface area contributed by atoms with Gasteiger partial charge in [-0.1, -0.05) is 17.7 Å². The molecule has 2 rings (SSSR count). The van der Waals surface area contributed by atoms with E-state index < -0.39 is 0 Å². The van der Waals surface area contributed by atoms with Crippen LogP contribution in [-0.4, -0.2) is 17.5 Å². The summed E-state index contributed by atoms with van der Waals surface area (Å²) in [7, 11) is 0. The van der Waals surface area contributed by atoms with E-state index in [-0.39, 0.29) is 11.9 Å². The van der Waals surface area contributed by atoms with E-state index in [4.69, 9.17) is 4.74 Å². The number of hydrogen-bond acceptors (Lipinski definition) is 3. The summed E-state index contributed by atoms with van der Waals surface area (Å²) < 4.78 is 5.64. The first-order valence-corrected chi connectivity index (χ1v) is 7.06. The molecule has 0 aliphatic heterocycles. The van der Waals surface area contributed by atoms with Crippen molar-refractivity contribution in [1.29, 1.82) is 0 Å². The van der Waals surface area contributed by atoms with Crippen LogP contribution in [0.25, 0.3) is 0 Å². The second-order valence-corrected chi connectivity index (χ2v) is 4.91. The lowest BCUT2D eigenvalue weighted by Gasteiger charge is -2.18. The number of carbonyl (C=O) groups excluding carboxylic acids is 1. The third-order valence-electron chi connectivity index (χ3n) is 3.22. The Labute approximate surface area is 125 Å². The Bertz CT molecular complexity index is 611. The predicted octanol–water partition coefficient (Wildman–Crippen LogP) is 3.28. The van der Waals surface area contributed by atoms with E-state index in [9.17, 15) is 4.79 Å². The van der Waals surface area contributed by atoms with Crippen molar-refractivity contribution in [3.63, 3.8) is 0 Å². The summed E-state index contributed by atoms with van der Waals surface area (Å²) in [6.07, 6.45) is 3.22. The van der Waals surface area contributed by atoms with Gasteiger partial charge >= 0.3 is 0 Å². The molecule has 0 saturated carbocycles. The fourth-order valence-electron chi connectivity index (χ4n) is 2.15. The Hall–Kier alpha value is -2.36.